The lowest BCUT2D eigenvalue weighted by Crippen LogP contribution is -2.18. The molecule has 2 aromatic heterocycles. The second-order valence-corrected chi connectivity index (χ2v) is 4.16. The van der Waals surface area contributed by atoms with Gasteiger partial charge >= 0.3 is 0 Å². The van der Waals surface area contributed by atoms with Crippen LogP contribution in [0, 0.1) is 0 Å². The van der Waals surface area contributed by atoms with Crippen LogP contribution in [0.25, 0.3) is 10.9 Å². The SMILES string of the molecule is O=c1ccccn1Cc1cccc2cccnc12. The van der Waals surface area contributed by atoms with Gasteiger partial charge < -0.3 is 4.57 Å². The van der Waals surface area contributed by atoms with Gasteiger partial charge in [0, 0.05) is 23.8 Å². The van der Waals surface area contributed by atoms with Crippen molar-refractivity contribution < 1.29 is 0 Å². The van der Waals surface area contributed by atoms with Crippen LogP contribution in [0.2, 0.25) is 0 Å². The van der Waals surface area contributed by atoms with Gasteiger partial charge in [-0.05, 0) is 17.7 Å². The summed E-state index contributed by atoms with van der Waals surface area (Å²) >= 11 is 0. The van der Waals surface area contributed by atoms with Gasteiger partial charge in [-0.25, -0.2) is 0 Å². The fraction of sp³-hybridized carbons (Fsp3) is 0.0667. The smallest absolute Gasteiger partial charge is 0.250 e. The molecule has 0 bridgehead atoms. The van der Waals surface area contributed by atoms with E-state index in [1.54, 1.807) is 29.1 Å². The molecule has 3 aromatic rings. The molecule has 0 amide bonds. The van der Waals surface area contributed by atoms with Crippen LogP contribution < -0.4 is 5.56 Å². The number of para-hydroxylation sites is 1. The summed E-state index contributed by atoms with van der Waals surface area (Å²) in [7, 11) is 0. The van der Waals surface area contributed by atoms with E-state index in [4.69, 9.17) is 0 Å². The summed E-state index contributed by atoms with van der Waals surface area (Å²) in [6.07, 6.45) is 3.57. The highest BCUT2D eigenvalue weighted by atomic mass is 16.1. The summed E-state index contributed by atoms with van der Waals surface area (Å²) in [4.78, 5) is 16.1. The van der Waals surface area contributed by atoms with E-state index in [0.717, 1.165) is 16.5 Å². The van der Waals surface area contributed by atoms with Gasteiger partial charge in [0.1, 0.15) is 0 Å². The maximum Gasteiger partial charge on any atom is 0.250 e. The Kier molecular flexibility index (Phi) is 2.65. The van der Waals surface area contributed by atoms with E-state index in [2.05, 4.69) is 4.98 Å². The van der Waals surface area contributed by atoms with E-state index in [1.165, 1.54) is 0 Å². The van der Waals surface area contributed by atoms with Crippen molar-refractivity contribution in [3.63, 3.8) is 0 Å². The maximum absolute atomic E-state index is 11.7. The summed E-state index contributed by atoms with van der Waals surface area (Å²) in [6.45, 7) is 0.550. The molecule has 2 heterocycles. The number of hydrogen-bond donors (Lipinski definition) is 0. The lowest BCUT2D eigenvalue weighted by atomic mass is 10.1. The molecule has 0 saturated heterocycles. The number of hydrogen-bond acceptors (Lipinski definition) is 2. The Bertz CT molecular complexity index is 741. The number of benzene rings is 1. The van der Waals surface area contributed by atoms with E-state index in [-0.39, 0.29) is 5.56 Å². The monoisotopic (exact) mass is 236 g/mol. The molecule has 88 valence electrons. The summed E-state index contributed by atoms with van der Waals surface area (Å²) in [5, 5.41) is 1.10. The number of pyridine rings is 2. The Morgan fingerprint density at radius 2 is 1.89 bits per heavy atom. The fourth-order valence-electron chi connectivity index (χ4n) is 2.07. The van der Waals surface area contributed by atoms with E-state index in [9.17, 15) is 4.79 Å². The Morgan fingerprint density at radius 1 is 1.00 bits per heavy atom. The van der Waals surface area contributed by atoms with Gasteiger partial charge in [0.05, 0.1) is 12.1 Å². The molecule has 0 saturated carbocycles. The Morgan fingerprint density at radius 3 is 2.78 bits per heavy atom. The summed E-state index contributed by atoms with van der Waals surface area (Å²) in [6, 6.07) is 15.2. The third-order valence-electron chi connectivity index (χ3n) is 2.96. The molecule has 0 atom stereocenters. The zero-order valence-electron chi connectivity index (χ0n) is 9.78. The summed E-state index contributed by atoms with van der Waals surface area (Å²) in [5.41, 5.74) is 2.02. The molecule has 0 radical (unpaired) electrons. The van der Waals surface area contributed by atoms with Gasteiger partial charge in [-0.1, -0.05) is 30.3 Å². The highest BCUT2D eigenvalue weighted by Gasteiger charge is 2.03. The van der Waals surface area contributed by atoms with Crippen LogP contribution in [0.1, 0.15) is 5.56 Å². The van der Waals surface area contributed by atoms with Crippen LogP contribution >= 0.6 is 0 Å². The van der Waals surface area contributed by atoms with E-state index in [0.29, 0.717) is 6.54 Å². The lowest BCUT2D eigenvalue weighted by molar-refractivity contribution is 0.762. The zero-order valence-corrected chi connectivity index (χ0v) is 9.78. The molecular formula is C15H12N2O. The molecule has 18 heavy (non-hydrogen) atoms. The van der Waals surface area contributed by atoms with Crippen LogP contribution in [-0.2, 0) is 6.54 Å². The first-order valence-electron chi connectivity index (χ1n) is 5.83. The van der Waals surface area contributed by atoms with Gasteiger partial charge in [0.25, 0.3) is 5.56 Å². The molecule has 0 aliphatic rings. The molecule has 0 unspecified atom stereocenters. The first-order valence-corrected chi connectivity index (χ1v) is 5.83. The van der Waals surface area contributed by atoms with Crippen LogP contribution in [0.5, 0.6) is 0 Å². The molecule has 0 aliphatic heterocycles. The zero-order chi connectivity index (χ0) is 12.4. The average Bonchev–Trinajstić information content (AvgIpc) is 2.42. The predicted molar refractivity (Wildman–Crippen MR) is 71.5 cm³/mol. The topological polar surface area (TPSA) is 34.9 Å². The largest absolute Gasteiger partial charge is 0.311 e. The van der Waals surface area contributed by atoms with Crippen LogP contribution in [0.15, 0.2) is 65.7 Å². The van der Waals surface area contributed by atoms with Crippen LogP contribution in [-0.4, -0.2) is 9.55 Å². The number of fused-ring (bicyclic) bond motifs is 1. The number of aromatic nitrogens is 2. The van der Waals surface area contributed by atoms with Crippen molar-refractivity contribution in [1.29, 1.82) is 0 Å². The van der Waals surface area contributed by atoms with Gasteiger partial charge in [0.15, 0.2) is 0 Å². The van der Waals surface area contributed by atoms with Gasteiger partial charge in [-0.2, -0.15) is 0 Å². The van der Waals surface area contributed by atoms with Gasteiger partial charge in [-0.15, -0.1) is 0 Å². The highest BCUT2D eigenvalue weighted by molar-refractivity contribution is 5.81. The molecule has 3 nitrogen and oxygen atoms in total. The van der Waals surface area contributed by atoms with Crippen molar-refractivity contribution in [2.75, 3.05) is 0 Å². The Hall–Kier alpha value is -2.42. The minimum atomic E-state index is 0.00503. The molecule has 1 aromatic carbocycles. The van der Waals surface area contributed by atoms with Crippen LogP contribution in [0.4, 0.5) is 0 Å². The normalized spacial score (nSPS) is 10.7. The van der Waals surface area contributed by atoms with Crippen molar-refractivity contribution in [1.82, 2.24) is 9.55 Å². The van der Waals surface area contributed by atoms with Gasteiger partial charge in [0.2, 0.25) is 0 Å². The quantitative estimate of drug-likeness (QED) is 0.685. The molecule has 0 N–H and O–H groups in total. The minimum absolute atomic E-state index is 0.00503. The summed E-state index contributed by atoms with van der Waals surface area (Å²) in [5.74, 6) is 0. The number of rotatable bonds is 2. The maximum atomic E-state index is 11.7. The minimum Gasteiger partial charge on any atom is -0.311 e. The lowest BCUT2D eigenvalue weighted by Gasteiger charge is -2.07. The van der Waals surface area contributed by atoms with Crippen molar-refractivity contribution >= 4 is 10.9 Å². The first kappa shape index (κ1) is 10.7. The van der Waals surface area contributed by atoms with Crippen molar-refractivity contribution in [2.45, 2.75) is 6.54 Å². The molecular weight excluding hydrogens is 224 g/mol. The van der Waals surface area contributed by atoms with Gasteiger partial charge in [-0.3, -0.25) is 9.78 Å². The molecule has 3 heteroatoms. The van der Waals surface area contributed by atoms with Crippen molar-refractivity contribution in [3.05, 3.63) is 76.8 Å². The second-order valence-electron chi connectivity index (χ2n) is 4.16. The first-order chi connectivity index (χ1) is 8.84. The number of nitrogens with zero attached hydrogens (tertiary/aromatic N) is 2. The van der Waals surface area contributed by atoms with Crippen molar-refractivity contribution in [3.8, 4) is 0 Å². The summed E-state index contributed by atoms with van der Waals surface area (Å²) < 4.78 is 1.68. The predicted octanol–water partition coefficient (Wildman–Crippen LogP) is 2.44. The van der Waals surface area contributed by atoms with E-state index >= 15 is 0 Å². The molecule has 0 aliphatic carbocycles. The standard InChI is InChI=1S/C15H12N2O/c18-14-8-1-2-10-17(14)11-13-6-3-5-12-7-4-9-16-15(12)13/h1-10H,11H2. The third-order valence-corrected chi connectivity index (χ3v) is 2.96. The highest BCUT2D eigenvalue weighted by Crippen LogP contribution is 2.16. The second kappa shape index (κ2) is 4.45. The van der Waals surface area contributed by atoms with E-state index < -0.39 is 0 Å². The molecule has 3 rings (SSSR count). The fourth-order valence-corrected chi connectivity index (χ4v) is 2.07. The van der Waals surface area contributed by atoms with Crippen molar-refractivity contribution in [2.24, 2.45) is 0 Å². The Labute approximate surface area is 104 Å². The average molecular weight is 236 g/mol. The molecule has 0 fully saturated rings. The van der Waals surface area contributed by atoms with E-state index in [1.807, 2.05) is 36.4 Å². The van der Waals surface area contributed by atoms with Crippen LogP contribution in [0.3, 0.4) is 0 Å². The third kappa shape index (κ3) is 1.91. The molecule has 0 spiro atoms. The Balaban J connectivity index is 2.11.